The number of hydrogen-bond donors (Lipinski definition) is 0. The lowest BCUT2D eigenvalue weighted by atomic mass is 10.1. The zero-order chi connectivity index (χ0) is 20.9. The molecule has 148 valence electrons. The van der Waals surface area contributed by atoms with Gasteiger partial charge in [0.25, 0.3) is 0 Å². The van der Waals surface area contributed by atoms with Gasteiger partial charge in [-0.05, 0) is 48.0 Å². The number of ether oxygens (including phenoxy) is 1. The molecule has 0 saturated carbocycles. The van der Waals surface area contributed by atoms with Crippen LogP contribution in [0.5, 0.6) is 5.75 Å². The molecule has 6 heteroatoms. The molecule has 4 aromatic rings. The molecule has 0 spiro atoms. The molecule has 0 fully saturated rings. The third kappa shape index (κ3) is 4.65. The summed E-state index contributed by atoms with van der Waals surface area (Å²) in [4.78, 5) is 4.37. The van der Waals surface area contributed by atoms with Crippen LogP contribution in [-0.2, 0) is 13.2 Å². The summed E-state index contributed by atoms with van der Waals surface area (Å²) >= 11 is 12.1. The molecule has 0 radical (unpaired) electrons. The Morgan fingerprint density at radius 2 is 1.87 bits per heavy atom. The van der Waals surface area contributed by atoms with Crippen molar-refractivity contribution in [3.05, 3.63) is 99.8 Å². The minimum absolute atomic E-state index is 0.350. The maximum absolute atomic E-state index is 9.57. The van der Waals surface area contributed by atoms with Crippen LogP contribution in [0.15, 0.2) is 78.6 Å². The fourth-order valence-electron chi connectivity index (χ4n) is 3.09. The van der Waals surface area contributed by atoms with Crippen molar-refractivity contribution in [1.29, 1.82) is 5.26 Å². The van der Waals surface area contributed by atoms with Crippen molar-refractivity contribution >= 4 is 40.3 Å². The predicted molar refractivity (Wildman–Crippen MR) is 121 cm³/mol. The Morgan fingerprint density at radius 3 is 2.63 bits per heavy atom. The lowest BCUT2D eigenvalue weighted by molar-refractivity contribution is 0.306. The van der Waals surface area contributed by atoms with Gasteiger partial charge in [0, 0.05) is 21.2 Å². The van der Waals surface area contributed by atoms with Gasteiger partial charge >= 0.3 is 0 Å². The average molecular weight is 434 g/mol. The first-order chi connectivity index (χ1) is 14.6. The summed E-state index contributed by atoms with van der Waals surface area (Å²) < 4.78 is 7.78. The molecule has 0 unspecified atom stereocenters. The summed E-state index contributed by atoms with van der Waals surface area (Å²) in [6.45, 7) is 0.812. The molecular weight excluding hydrogens is 417 g/mol. The number of aromatic nitrogens is 2. The minimum Gasteiger partial charge on any atom is -0.489 e. The van der Waals surface area contributed by atoms with Gasteiger partial charge in [0.15, 0.2) is 0 Å². The highest BCUT2D eigenvalue weighted by Gasteiger charge is 2.05. The Morgan fingerprint density at radius 1 is 1.07 bits per heavy atom. The SMILES string of the molecule is N#C/C(=C/c1ccc(OCc2ccc(Cl)cc2Cl)cc1)Cn1cnc2ccccc21. The van der Waals surface area contributed by atoms with Gasteiger partial charge in [-0.3, -0.25) is 0 Å². The van der Waals surface area contributed by atoms with E-state index in [4.69, 9.17) is 27.9 Å². The van der Waals surface area contributed by atoms with Crippen LogP contribution < -0.4 is 4.74 Å². The molecular formula is C24H17Cl2N3O. The number of rotatable bonds is 6. The molecule has 0 bridgehead atoms. The van der Waals surface area contributed by atoms with Crippen LogP contribution in [0.25, 0.3) is 17.1 Å². The van der Waals surface area contributed by atoms with Crippen LogP contribution >= 0.6 is 23.2 Å². The topological polar surface area (TPSA) is 50.8 Å². The number of fused-ring (bicyclic) bond motifs is 1. The van der Waals surface area contributed by atoms with E-state index in [1.54, 1.807) is 18.5 Å². The summed E-state index contributed by atoms with van der Waals surface area (Å²) in [5, 5.41) is 10.7. The van der Waals surface area contributed by atoms with Gasteiger partial charge in [0.05, 0.1) is 30.0 Å². The standard InChI is InChI=1S/C24H17Cl2N3O/c25-20-8-7-19(22(26)12-20)15-30-21-9-5-17(6-10-21)11-18(13-27)14-29-16-28-23-3-1-2-4-24(23)29/h1-12,16H,14-15H2/b18-11-. The molecule has 4 rings (SSSR count). The number of allylic oxidation sites excluding steroid dienone is 1. The van der Waals surface area contributed by atoms with E-state index in [0.717, 1.165) is 27.9 Å². The van der Waals surface area contributed by atoms with E-state index >= 15 is 0 Å². The molecule has 0 N–H and O–H groups in total. The summed E-state index contributed by atoms with van der Waals surface area (Å²) in [7, 11) is 0. The third-order valence-corrected chi connectivity index (χ3v) is 5.23. The molecule has 0 atom stereocenters. The van der Waals surface area contributed by atoms with Gasteiger partial charge in [-0.25, -0.2) is 4.98 Å². The monoisotopic (exact) mass is 433 g/mol. The molecule has 0 saturated heterocycles. The highest BCUT2D eigenvalue weighted by molar-refractivity contribution is 6.35. The Labute approximate surface area is 184 Å². The van der Waals surface area contributed by atoms with Crippen molar-refractivity contribution in [3.63, 3.8) is 0 Å². The van der Waals surface area contributed by atoms with E-state index in [9.17, 15) is 5.26 Å². The predicted octanol–water partition coefficient (Wildman–Crippen LogP) is 6.53. The Hall–Kier alpha value is -3.26. The van der Waals surface area contributed by atoms with Gasteiger partial charge in [-0.1, -0.05) is 53.5 Å². The number of imidazole rings is 1. The maximum atomic E-state index is 9.57. The number of hydrogen-bond acceptors (Lipinski definition) is 3. The first-order valence-corrected chi connectivity index (χ1v) is 10.1. The number of halogens is 2. The Bertz CT molecular complexity index is 1250. The van der Waals surface area contributed by atoms with Crippen molar-refractivity contribution in [2.75, 3.05) is 0 Å². The number of nitrogens with zero attached hydrogens (tertiary/aromatic N) is 3. The number of benzene rings is 3. The summed E-state index contributed by atoms with van der Waals surface area (Å²) in [6.07, 6.45) is 3.63. The molecule has 0 aliphatic carbocycles. The smallest absolute Gasteiger partial charge is 0.119 e. The van der Waals surface area contributed by atoms with Crippen molar-refractivity contribution in [3.8, 4) is 11.8 Å². The van der Waals surface area contributed by atoms with E-state index in [-0.39, 0.29) is 0 Å². The first kappa shape index (κ1) is 20.0. The zero-order valence-electron chi connectivity index (χ0n) is 15.9. The molecule has 0 aliphatic rings. The van der Waals surface area contributed by atoms with Gasteiger partial charge in [-0.15, -0.1) is 0 Å². The third-order valence-electron chi connectivity index (χ3n) is 4.64. The molecule has 1 heterocycles. The van der Waals surface area contributed by atoms with Crippen molar-refractivity contribution in [2.24, 2.45) is 0 Å². The molecule has 4 nitrogen and oxygen atoms in total. The quantitative estimate of drug-likeness (QED) is 0.324. The van der Waals surface area contributed by atoms with Crippen LogP contribution in [0, 0.1) is 11.3 Å². The van der Waals surface area contributed by atoms with Crippen molar-refractivity contribution < 1.29 is 4.74 Å². The summed E-state index contributed by atoms with van der Waals surface area (Å²) in [6, 6.07) is 23.1. The lowest BCUT2D eigenvalue weighted by Gasteiger charge is -2.08. The van der Waals surface area contributed by atoms with Crippen LogP contribution in [-0.4, -0.2) is 9.55 Å². The van der Waals surface area contributed by atoms with Crippen LogP contribution in [0.1, 0.15) is 11.1 Å². The molecule has 0 amide bonds. The molecule has 3 aromatic carbocycles. The lowest BCUT2D eigenvalue weighted by Crippen LogP contribution is -1.98. The second-order valence-electron chi connectivity index (χ2n) is 6.74. The summed E-state index contributed by atoms with van der Waals surface area (Å²) in [5.41, 5.74) is 4.34. The average Bonchev–Trinajstić information content (AvgIpc) is 3.16. The van der Waals surface area contributed by atoms with E-state index in [2.05, 4.69) is 11.1 Å². The van der Waals surface area contributed by atoms with Crippen LogP contribution in [0.4, 0.5) is 0 Å². The number of nitriles is 1. The second kappa shape index (κ2) is 9.04. The van der Waals surface area contributed by atoms with Crippen molar-refractivity contribution in [1.82, 2.24) is 9.55 Å². The van der Waals surface area contributed by atoms with Gasteiger partial charge in [0.2, 0.25) is 0 Å². The minimum atomic E-state index is 0.350. The maximum Gasteiger partial charge on any atom is 0.119 e. The molecule has 0 aliphatic heterocycles. The second-order valence-corrected chi connectivity index (χ2v) is 7.58. The van der Waals surface area contributed by atoms with Gasteiger partial charge < -0.3 is 9.30 Å². The van der Waals surface area contributed by atoms with E-state index in [0.29, 0.717) is 28.8 Å². The largest absolute Gasteiger partial charge is 0.489 e. The highest BCUT2D eigenvalue weighted by Crippen LogP contribution is 2.23. The molecule has 30 heavy (non-hydrogen) atoms. The van der Waals surface area contributed by atoms with Crippen LogP contribution in [0.3, 0.4) is 0 Å². The van der Waals surface area contributed by atoms with E-state index in [1.807, 2.05) is 65.2 Å². The normalized spacial score (nSPS) is 11.4. The summed E-state index contributed by atoms with van der Waals surface area (Å²) in [5.74, 6) is 0.720. The van der Waals surface area contributed by atoms with Gasteiger partial charge in [0.1, 0.15) is 12.4 Å². The van der Waals surface area contributed by atoms with E-state index in [1.165, 1.54) is 0 Å². The molecule has 1 aromatic heterocycles. The Balaban J connectivity index is 1.44. The van der Waals surface area contributed by atoms with Crippen LogP contribution in [0.2, 0.25) is 10.0 Å². The number of para-hydroxylation sites is 2. The fraction of sp³-hybridized carbons (Fsp3) is 0.0833. The van der Waals surface area contributed by atoms with Gasteiger partial charge in [-0.2, -0.15) is 5.26 Å². The zero-order valence-corrected chi connectivity index (χ0v) is 17.4. The van der Waals surface area contributed by atoms with Crippen molar-refractivity contribution in [2.45, 2.75) is 13.2 Å². The first-order valence-electron chi connectivity index (χ1n) is 9.30. The fourth-order valence-corrected chi connectivity index (χ4v) is 3.56. The highest BCUT2D eigenvalue weighted by atomic mass is 35.5. The Kier molecular flexibility index (Phi) is 6.04. The van der Waals surface area contributed by atoms with E-state index < -0.39 is 0 Å².